The molecule has 1 unspecified atom stereocenters. The van der Waals surface area contributed by atoms with Crippen LogP contribution >= 0.6 is 0 Å². The van der Waals surface area contributed by atoms with Gasteiger partial charge in [0.2, 0.25) is 11.9 Å². The van der Waals surface area contributed by atoms with E-state index in [1.165, 1.54) is 6.33 Å². The normalized spacial score (nSPS) is 16.9. The highest BCUT2D eigenvalue weighted by molar-refractivity contribution is 5.91. The zero-order chi connectivity index (χ0) is 18.6. The van der Waals surface area contributed by atoms with Gasteiger partial charge in [-0.1, -0.05) is 0 Å². The maximum absolute atomic E-state index is 12.6. The number of aromatic nitrogens is 7. The van der Waals surface area contributed by atoms with Gasteiger partial charge in [-0.15, -0.1) is 10.2 Å². The second-order valence-corrected chi connectivity index (χ2v) is 6.39. The predicted molar refractivity (Wildman–Crippen MR) is 97.3 cm³/mol. The van der Waals surface area contributed by atoms with Gasteiger partial charge < -0.3 is 4.90 Å². The third kappa shape index (κ3) is 3.89. The van der Waals surface area contributed by atoms with Crippen molar-refractivity contribution < 1.29 is 4.79 Å². The standard InChI is InChI=1S/C17H19N9O/c1-12-6-7-19-17(21-12)22-16(27)13-3-2-8-25(9-13)14-4-5-15(24-23-14)26-11-18-10-20-26/h4-7,10-11,13H,2-3,8-9H2,1H3,(H,19,21,22,27). The first-order chi connectivity index (χ1) is 13.2. The van der Waals surface area contributed by atoms with Crippen LogP contribution in [-0.2, 0) is 4.79 Å². The number of nitrogens with one attached hydrogen (secondary N) is 1. The van der Waals surface area contributed by atoms with Crippen LogP contribution in [0.2, 0.25) is 0 Å². The summed E-state index contributed by atoms with van der Waals surface area (Å²) >= 11 is 0. The van der Waals surface area contributed by atoms with Crippen molar-refractivity contribution in [2.75, 3.05) is 23.3 Å². The molecular formula is C17H19N9O. The number of anilines is 2. The summed E-state index contributed by atoms with van der Waals surface area (Å²) in [4.78, 5) is 26.9. The smallest absolute Gasteiger partial charge is 0.231 e. The number of piperidine rings is 1. The Hall–Kier alpha value is -3.43. The van der Waals surface area contributed by atoms with E-state index in [0.717, 1.165) is 30.9 Å². The Labute approximate surface area is 155 Å². The van der Waals surface area contributed by atoms with Crippen molar-refractivity contribution >= 4 is 17.7 Å². The number of rotatable bonds is 4. The van der Waals surface area contributed by atoms with E-state index in [0.29, 0.717) is 18.3 Å². The molecule has 4 rings (SSSR count). The topological polar surface area (TPSA) is 115 Å². The predicted octanol–water partition coefficient (Wildman–Crippen LogP) is 1.01. The molecule has 1 N–H and O–H groups in total. The first-order valence-corrected chi connectivity index (χ1v) is 8.73. The quantitative estimate of drug-likeness (QED) is 0.728. The van der Waals surface area contributed by atoms with E-state index in [1.807, 2.05) is 19.1 Å². The summed E-state index contributed by atoms with van der Waals surface area (Å²) < 4.78 is 1.55. The third-order valence-corrected chi connectivity index (χ3v) is 4.44. The van der Waals surface area contributed by atoms with Crippen LogP contribution in [0.1, 0.15) is 18.5 Å². The molecule has 10 heteroatoms. The van der Waals surface area contributed by atoms with E-state index in [2.05, 4.69) is 40.5 Å². The second-order valence-electron chi connectivity index (χ2n) is 6.39. The van der Waals surface area contributed by atoms with Crippen LogP contribution in [0.4, 0.5) is 11.8 Å². The van der Waals surface area contributed by atoms with Gasteiger partial charge in [0, 0.05) is 25.0 Å². The molecule has 3 aromatic heterocycles. The number of amides is 1. The van der Waals surface area contributed by atoms with Gasteiger partial charge in [-0.25, -0.2) is 19.6 Å². The number of hydrogen-bond acceptors (Lipinski definition) is 8. The summed E-state index contributed by atoms with van der Waals surface area (Å²) in [7, 11) is 0. The van der Waals surface area contributed by atoms with Gasteiger partial charge in [0.1, 0.15) is 12.7 Å². The van der Waals surface area contributed by atoms with E-state index in [4.69, 9.17) is 0 Å². The summed E-state index contributed by atoms with van der Waals surface area (Å²) in [6.07, 6.45) is 6.37. The lowest BCUT2D eigenvalue weighted by atomic mass is 9.97. The van der Waals surface area contributed by atoms with Gasteiger partial charge >= 0.3 is 0 Å². The average Bonchev–Trinajstić information content (AvgIpc) is 3.23. The molecule has 1 aliphatic heterocycles. The summed E-state index contributed by atoms with van der Waals surface area (Å²) in [5, 5.41) is 15.3. The Balaban J connectivity index is 1.42. The van der Waals surface area contributed by atoms with Crippen molar-refractivity contribution in [3.63, 3.8) is 0 Å². The highest BCUT2D eigenvalue weighted by Gasteiger charge is 2.27. The lowest BCUT2D eigenvalue weighted by molar-refractivity contribution is -0.120. The van der Waals surface area contributed by atoms with Crippen molar-refractivity contribution in [3.8, 4) is 5.82 Å². The van der Waals surface area contributed by atoms with Crippen LogP contribution in [0.25, 0.3) is 5.82 Å². The monoisotopic (exact) mass is 365 g/mol. The molecule has 0 aromatic carbocycles. The molecule has 0 radical (unpaired) electrons. The summed E-state index contributed by atoms with van der Waals surface area (Å²) in [6.45, 7) is 3.28. The molecule has 1 atom stereocenters. The maximum Gasteiger partial charge on any atom is 0.231 e. The SMILES string of the molecule is Cc1ccnc(NC(=O)C2CCCN(c3ccc(-n4cncn4)nn3)C2)n1. The summed E-state index contributed by atoms with van der Waals surface area (Å²) in [5.41, 5.74) is 0.813. The highest BCUT2D eigenvalue weighted by atomic mass is 16.2. The van der Waals surface area contributed by atoms with Gasteiger partial charge in [0.15, 0.2) is 11.6 Å². The van der Waals surface area contributed by atoms with Crippen molar-refractivity contribution in [1.82, 2.24) is 34.9 Å². The molecule has 4 heterocycles. The Morgan fingerprint density at radius 3 is 2.81 bits per heavy atom. The second kappa shape index (κ2) is 7.44. The number of carbonyl (C=O) groups is 1. The molecule has 0 aliphatic carbocycles. The van der Waals surface area contributed by atoms with Crippen LogP contribution in [0, 0.1) is 12.8 Å². The lowest BCUT2D eigenvalue weighted by Crippen LogP contribution is -2.41. The number of aryl methyl sites for hydroxylation is 1. The van der Waals surface area contributed by atoms with Crippen molar-refractivity contribution in [2.24, 2.45) is 5.92 Å². The van der Waals surface area contributed by atoms with E-state index in [9.17, 15) is 4.79 Å². The summed E-state index contributed by atoms with van der Waals surface area (Å²) in [5.74, 6) is 1.45. The van der Waals surface area contributed by atoms with Gasteiger partial charge in [-0.3, -0.25) is 10.1 Å². The van der Waals surface area contributed by atoms with Gasteiger partial charge in [0.25, 0.3) is 0 Å². The molecular weight excluding hydrogens is 346 g/mol. The molecule has 0 spiro atoms. The van der Waals surface area contributed by atoms with Crippen molar-refractivity contribution in [1.29, 1.82) is 0 Å². The molecule has 1 fully saturated rings. The first-order valence-electron chi connectivity index (χ1n) is 8.73. The molecule has 10 nitrogen and oxygen atoms in total. The fourth-order valence-electron chi connectivity index (χ4n) is 3.06. The van der Waals surface area contributed by atoms with Gasteiger partial charge in [-0.05, 0) is 38.0 Å². The largest absolute Gasteiger partial charge is 0.354 e. The molecule has 1 aliphatic rings. The summed E-state index contributed by atoms with van der Waals surface area (Å²) in [6, 6.07) is 5.51. The van der Waals surface area contributed by atoms with E-state index in [-0.39, 0.29) is 11.8 Å². The Kier molecular flexibility index (Phi) is 4.69. The van der Waals surface area contributed by atoms with Crippen LogP contribution in [0.15, 0.2) is 37.1 Å². The molecule has 0 bridgehead atoms. The fraction of sp³-hybridized carbons (Fsp3) is 0.353. The van der Waals surface area contributed by atoms with Gasteiger partial charge in [0.05, 0.1) is 5.92 Å². The zero-order valence-corrected chi connectivity index (χ0v) is 14.9. The maximum atomic E-state index is 12.6. The van der Waals surface area contributed by atoms with E-state index >= 15 is 0 Å². The van der Waals surface area contributed by atoms with Crippen LogP contribution in [-0.4, -0.2) is 53.9 Å². The fourth-order valence-corrected chi connectivity index (χ4v) is 3.06. The van der Waals surface area contributed by atoms with Crippen LogP contribution in [0.5, 0.6) is 0 Å². The number of carbonyl (C=O) groups excluding carboxylic acids is 1. The number of hydrogen-bond donors (Lipinski definition) is 1. The van der Waals surface area contributed by atoms with Crippen molar-refractivity contribution in [3.05, 3.63) is 42.7 Å². The van der Waals surface area contributed by atoms with Crippen LogP contribution < -0.4 is 10.2 Å². The van der Waals surface area contributed by atoms with Crippen molar-refractivity contribution in [2.45, 2.75) is 19.8 Å². The number of nitrogens with zero attached hydrogens (tertiary/aromatic N) is 8. The minimum atomic E-state index is -0.153. The Morgan fingerprint density at radius 2 is 2.07 bits per heavy atom. The molecule has 1 saturated heterocycles. The highest BCUT2D eigenvalue weighted by Crippen LogP contribution is 2.22. The first kappa shape index (κ1) is 17.0. The van der Waals surface area contributed by atoms with Crippen LogP contribution in [0.3, 0.4) is 0 Å². The minimum Gasteiger partial charge on any atom is -0.354 e. The van der Waals surface area contributed by atoms with E-state index < -0.39 is 0 Å². The molecule has 0 saturated carbocycles. The zero-order valence-electron chi connectivity index (χ0n) is 14.9. The average molecular weight is 365 g/mol. The van der Waals surface area contributed by atoms with Gasteiger partial charge in [-0.2, -0.15) is 5.10 Å². The molecule has 27 heavy (non-hydrogen) atoms. The van der Waals surface area contributed by atoms with E-state index in [1.54, 1.807) is 23.3 Å². The molecule has 138 valence electrons. The lowest BCUT2D eigenvalue weighted by Gasteiger charge is -2.32. The molecule has 3 aromatic rings. The third-order valence-electron chi connectivity index (χ3n) is 4.44. The Morgan fingerprint density at radius 1 is 1.22 bits per heavy atom. The Bertz CT molecular complexity index is 910. The minimum absolute atomic E-state index is 0.0718. The molecule has 1 amide bonds.